The second kappa shape index (κ2) is 4.20. The molecule has 0 aliphatic carbocycles. The Morgan fingerprint density at radius 3 is 2.59 bits per heavy atom. The topological polar surface area (TPSA) is 81.2 Å². The van der Waals surface area contributed by atoms with Gasteiger partial charge in [-0.1, -0.05) is 5.16 Å². The average Bonchev–Trinajstić information content (AvgIpc) is 2.71. The van der Waals surface area contributed by atoms with Gasteiger partial charge < -0.3 is 4.90 Å². The summed E-state index contributed by atoms with van der Waals surface area (Å²) >= 11 is 0. The highest BCUT2D eigenvalue weighted by Gasteiger charge is 2.20. The summed E-state index contributed by atoms with van der Waals surface area (Å²) in [5, 5.41) is 3.59. The molecule has 0 bridgehead atoms. The minimum atomic E-state index is -0.810. The van der Waals surface area contributed by atoms with Gasteiger partial charge in [-0.2, -0.15) is 4.57 Å². The van der Waals surface area contributed by atoms with Crippen molar-refractivity contribution >= 4 is 6.03 Å². The Bertz CT molecular complexity index is 585. The van der Waals surface area contributed by atoms with Gasteiger partial charge in [-0.05, 0) is 12.1 Å². The molecule has 0 unspecified atom stereocenters. The van der Waals surface area contributed by atoms with Gasteiger partial charge in [0.2, 0.25) is 0 Å². The molecule has 0 fully saturated rings. The Kier molecular flexibility index (Phi) is 2.73. The van der Waals surface area contributed by atoms with Crippen molar-refractivity contribution in [3.63, 3.8) is 0 Å². The predicted octanol–water partition coefficient (Wildman–Crippen LogP) is 0.428. The fourth-order valence-electron chi connectivity index (χ4n) is 1.30. The van der Waals surface area contributed by atoms with Crippen LogP contribution >= 0.6 is 0 Å². The van der Waals surface area contributed by atoms with E-state index < -0.39 is 11.8 Å². The number of carbonyl (C=O) groups excluding carboxylic acids is 1. The first-order chi connectivity index (χ1) is 8.11. The van der Waals surface area contributed by atoms with Gasteiger partial charge in [0.25, 0.3) is 0 Å². The highest BCUT2D eigenvalue weighted by molar-refractivity contribution is 5.80. The molecule has 0 spiro atoms. The molecule has 0 saturated heterocycles. The van der Waals surface area contributed by atoms with Gasteiger partial charge in [0.05, 0.1) is 0 Å². The van der Waals surface area contributed by atoms with Crippen LogP contribution in [0.3, 0.4) is 0 Å². The van der Waals surface area contributed by atoms with Crippen molar-refractivity contribution in [3.05, 3.63) is 35.1 Å². The number of rotatable bonds is 1. The van der Waals surface area contributed by atoms with Crippen molar-refractivity contribution < 1.29 is 9.32 Å². The number of carbonyl (C=O) groups is 1. The SMILES string of the molecule is CN(C)C(=O)n1c(-c2ccncc2)noc1=O. The lowest BCUT2D eigenvalue weighted by Crippen LogP contribution is -2.33. The molecule has 7 nitrogen and oxygen atoms in total. The zero-order valence-corrected chi connectivity index (χ0v) is 9.32. The first-order valence-electron chi connectivity index (χ1n) is 4.82. The van der Waals surface area contributed by atoms with Gasteiger partial charge in [-0.25, -0.2) is 9.59 Å². The number of nitrogens with zero attached hydrogens (tertiary/aromatic N) is 4. The summed E-state index contributed by atoms with van der Waals surface area (Å²) in [6, 6.07) is 2.76. The molecule has 7 heteroatoms. The molecule has 88 valence electrons. The molecule has 1 amide bonds. The van der Waals surface area contributed by atoms with E-state index in [4.69, 9.17) is 0 Å². The van der Waals surface area contributed by atoms with Crippen molar-refractivity contribution in [3.8, 4) is 11.4 Å². The molecule has 0 aliphatic heterocycles. The molecule has 0 aromatic carbocycles. The van der Waals surface area contributed by atoms with Crippen LogP contribution < -0.4 is 5.76 Å². The van der Waals surface area contributed by atoms with Crippen LogP contribution in [-0.2, 0) is 0 Å². The molecular weight excluding hydrogens is 224 g/mol. The van der Waals surface area contributed by atoms with Crippen LogP contribution in [0.2, 0.25) is 0 Å². The summed E-state index contributed by atoms with van der Waals surface area (Å²) in [4.78, 5) is 28.3. The van der Waals surface area contributed by atoms with Crippen LogP contribution in [0.15, 0.2) is 33.8 Å². The highest BCUT2D eigenvalue weighted by Crippen LogP contribution is 2.14. The molecular formula is C10H10N4O3. The normalized spacial score (nSPS) is 10.2. The van der Waals surface area contributed by atoms with Crippen LogP contribution in [0.5, 0.6) is 0 Å². The number of aromatic nitrogens is 3. The maximum Gasteiger partial charge on any atom is 0.450 e. The van der Waals surface area contributed by atoms with E-state index in [1.165, 1.54) is 19.0 Å². The number of amides is 1. The molecule has 0 radical (unpaired) electrons. The first-order valence-corrected chi connectivity index (χ1v) is 4.82. The zero-order chi connectivity index (χ0) is 12.4. The van der Waals surface area contributed by atoms with Gasteiger partial charge in [0, 0.05) is 32.1 Å². The third-order valence-corrected chi connectivity index (χ3v) is 2.12. The summed E-state index contributed by atoms with van der Waals surface area (Å²) in [7, 11) is 3.08. The molecule has 0 aliphatic rings. The van der Waals surface area contributed by atoms with Crippen LogP contribution in [0.1, 0.15) is 0 Å². The van der Waals surface area contributed by atoms with Gasteiger partial charge in [0.1, 0.15) is 0 Å². The highest BCUT2D eigenvalue weighted by atomic mass is 16.5. The van der Waals surface area contributed by atoms with Gasteiger partial charge in [-0.3, -0.25) is 9.51 Å². The van der Waals surface area contributed by atoms with E-state index in [0.29, 0.717) is 5.56 Å². The lowest BCUT2D eigenvalue weighted by atomic mass is 10.2. The van der Waals surface area contributed by atoms with E-state index in [9.17, 15) is 9.59 Å². The summed E-state index contributed by atoms with van der Waals surface area (Å²) in [5.41, 5.74) is 0.584. The second-order valence-corrected chi connectivity index (χ2v) is 3.52. The van der Waals surface area contributed by atoms with Gasteiger partial charge in [0.15, 0.2) is 5.82 Å². The summed E-state index contributed by atoms with van der Waals surface area (Å²) in [6.45, 7) is 0. The maximum absolute atomic E-state index is 11.8. The van der Waals surface area contributed by atoms with E-state index in [1.807, 2.05) is 0 Å². The molecule has 2 heterocycles. The number of hydrogen-bond donors (Lipinski definition) is 0. The quantitative estimate of drug-likeness (QED) is 0.714. The predicted molar refractivity (Wildman–Crippen MR) is 58.5 cm³/mol. The average molecular weight is 234 g/mol. The van der Waals surface area contributed by atoms with Crippen LogP contribution in [0.25, 0.3) is 11.4 Å². The minimum Gasteiger partial charge on any atom is -0.330 e. The van der Waals surface area contributed by atoms with Crippen LogP contribution in [-0.4, -0.2) is 39.7 Å². The summed E-state index contributed by atoms with van der Waals surface area (Å²) in [6.07, 6.45) is 3.08. The number of hydrogen-bond acceptors (Lipinski definition) is 5. The molecule has 0 saturated carbocycles. The van der Waals surface area contributed by atoms with Crippen molar-refractivity contribution in [1.82, 2.24) is 19.6 Å². The fraction of sp³-hybridized carbons (Fsp3) is 0.200. The third-order valence-electron chi connectivity index (χ3n) is 2.12. The Morgan fingerprint density at radius 2 is 2.00 bits per heavy atom. The van der Waals surface area contributed by atoms with Crippen molar-refractivity contribution in [2.24, 2.45) is 0 Å². The smallest absolute Gasteiger partial charge is 0.330 e. The Balaban J connectivity index is 2.58. The van der Waals surface area contributed by atoms with Gasteiger partial charge >= 0.3 is 11.8 Å². The Hall–Kier alpha value is -2.44. The molecule has 2 aromatic rings. The zero-order valence-electron chi connectivity index (χ0n) is 9.32. The van der Waals surface area contributed by atoms with Crippen molar-refractivity contribution in [1.29, 1.82) is 0 Å². The van der Waals surface area contributed by atoms with Gasteiger partial charge in [-0.15, -0.1) is 0 Å². The summed E-state index contributed by atoms with van der Waals surface area (Å²) in [5.74, 6) is -0.647. The Labute approximate surface area is 96.3 Å². The largest absolute Gasteiger partial charge is 0.450 e. The minimum absolute atomic E-state index is 0.163. The molecule has 0 N–H and O–H groups in total. The maximum atomic E-state index is 11.8. The van der Waals surface area contributed by atoms with E-state index in [0.717, 1.165) is 4.57 Å². The molecule has 2 aromatic heterocycles. The summed E-state index contributed by atoms with van der Waals surface area (Å²) < 4.78 is 5.38. The second-order valence-electron chi connectivity index (χ2n) is 3.52. The van der Waals surface area contributed by atoms with Crippen molar-refractivity contribution in [2.45, 2.75) is 0 Å². The van der Waals surface area contributed by atoms with E-state index in [-0.39, 0.29) is 5.82 Å². The lowest BCUT2D eigenvalue weighted by Gasteiger charge is -2.10. The standard InChI is InChI=1S/C10H10N4O3/c1-13(2)9(15)14-8(12-17-10(14)16)7-3-5-11-6-4-7/h3-6H,1-2H3. The van der Waals surface area contributed by atoms with Crippen LogP contribution in [0.4, 0.5) is 4.79 Å². The van der Waals surface area contributed by atoms with Crippen molar-refractivity contribution in [2.75, 3.05) is 14.1 Å². The first kappa shape index (κ1) is 11.1. The van der Waals surface area contributed by atoms with Crippen LogP contribution in [0, 0.1) is 0 Å². The monoisotopic (exact) mass is 234 g/mol. The molecule has 2 rings (SSSR count). The Morgan fingerprint density at radius 1 is 1.35 bits per heavy atom. The molecule has 0 atom stereocenters. The lowest BCUT2D eigenvalue weighted by molar-refractivity contribution is 0.217. The third kappa shape index (κ3) is 1.94. The molecule has 17 heavy (non-hydrogen) atoms. The van der Waals surface area contributed by atoms with E-state index in [2.05, 4.69) is 14.7 Å². The van der Waals surface area contributed by atoms with E-state index >= 15 is 0 Å². The van der Waals surface area contributed by atoms with E-state index in [1.54, 1.807) is 24.5 Å². The fourth-order valence-corrected chi connectivity index (χ4v) is 1.30. The number of pyridine rings is 1.